The first-order valence-corrected chi connectivity index (χ1v) is 9.86. The van der Waals surface area contributed by atoms with E-state index < -0.39 is 0 Å². The summed E-state index contributed by atoms with van der Waals surface area (Å²) in [5.74, 6) is 1.20. The van der Waals surface area contributed by atoms with Gasteiger partial charge in [-0.15, -0.1) is 10.2 Å². The lowest BCUT2D eigenvalue weighted by molar-refractivity contribution is -0.115. The van der Waals surface area contributed by atoms with E-state index in [0.717, 1.165) is 17.1 Å². The van der Waals surface area contributed by atoms with Gasteiger partial charge in [0.15, 0.2) is 11.0 Å². The number of amides is 1. The molecule has 0 fully saturated rings. The van der Waals surface area contributed by atoms with E-state index in [1.807, 2.05) is 73.1 Å². The van der Waals surface area contributed by atoms with Crippen LogP contribution in [0.25, 0.3) is 11.4 Å². The molecule has 5 nitrogen and oxygen atoms in total. The number of nitrogens with zero attached hydrogens (tertiary/aromatic N) is 3. The first-order valence-electron chi connectivity index (χ1n) is 8.98. The largest absolute Gasteiger partial charge is 0.325 e. The monoisotopic (exact) mass is 380 g/mol. The van der Waals surface area contributed by atoms with Gasteiger partial charge in [0.05, 0.1) is 5.25 Å². The van der Waals surface area contributed by atoms with Crippen molar-refractivity contribution in [3.63, 3.8) is 0 Å². The molecule has 1 aromatic heterocycles. The summed E-state index contributed by atoms with van der Waals surface area (Å²) in [5.41, 5.74) is 3.06. The van der Waals surface area contributed by atoms with Crippen molar-refractivity contribution >= 4 is 23.4 Å². The maximum atomic E-state index is 12.5. The van der Waals surface area contributed by atoms with Crippen LogP contribution < -0.4 is 5.32 Å². The Balaban J connectivity index is 1.65. The molecule has 0 bridgehead atoms. The summed E-state index contributed by atoms with van der Waals surface area (Å²) in [4.78, 5) is 12.5. The number of rotatable bonds is 6. The molecule has 0 spiro atoms. The van der Waals surface area contributed by atoms with Gasteiger partial charge in [0, 0.05) is 18.3 Å². The molecule has 1 amide bonds. The normalized spacial score (nSPS) is 12.2. The molecule has 0 saturated carbocycles. The molecule has 3 aromatic rings. The van der Waals surface area contributed by atoms with Gasteiger partial charge in [-0.1, -0.05) is 68.1 Å². The summed E-state index contributed by atoms with van der Waals surface area (Å²) in [5, 5.41) is 11.9. The van der Waals surface area contributed by atoms with Gasteiger partial charge in [-0.25, -0.2) is 0 Å². The lowest BCUT2D eigenvalue weighted by Crippen LogP contribution is -2.22. The average Bonchev–Trinajstić information content (AvgIpc) is 3.03. The Morgan fingerprint density at radius 1 is 1.00 bits per heavy atom. The number of hydrogen-bond donors (Lipinski definition) is 1. The van der Waals surface area contributed by atoms with Gasteiger partial charge in [0.1, 0.15) is 0 Å². The van der Waals surface area contributed by atoms with Gasteiger partial charge in [-0.3, -0.25) is 4.79 Å². The second-order valence-corrected chi connectivity index (χ2v) is 8.07. The zero-order chi connectivity index (χ0) is 19.4. The second-order valence-electron chi connectivity index (χ2n) is 6.76. The molecule has 1 N–H and O–H groups in total. The topological polar surface area (TPSA) is 59.8 Å². The highest BCUT2D eigenvalue weighted by molar-refractivity contribution is 8.00. The van der Waals surface area contributed by atoms with E-state index in [2.05, 4.69) is 29.4 Å². The van der Waals surface area contributed by atoms with Crippen LogP contribution in [0.4, 0.5) is 5.69 Å². The van der Waals surface area contributed by atoms with Gasteiger partial charge in [0.2, 0.25) is 5.91 Å². The summed E-state index contributed by atoms with van der Waals surface area (Å²) in [6.45, 7) is 6.17. The zero-order valence-corrected chi connectivity index (χ0v) is 16.8. The van der Waals surface area contributed by atoms with Crippen LogP contribution in [0.3, 0.4) is 0 Å². The summed E-state index contributed by atoms with van der Waals surface area (Å²) in [6.07, 6.45) is 0. The molecule has 0 aliphatic rings. The van der Waals surface area contributed by atoms with Crippen molar-refractivity contribution in [1.29, 1.82) is 0 Å². The molecule has 0 aliphatic heterocycles. The second kappa shape index (κ2) is 8.39. The minimum Gasteiger partial charge on any atom is -0.325 e. The third-order valence-corrected chi connectivity index (χ3v) is 5.50. The molecule has 0 radical (unpaired) electrons. The van der Waals surface area contributed by atoms with Crippen LogP contribution in [0.15, 0.2) is 59.8 Å². The Hall–Kier alpha value is -2.60. The van der Waals surface area contributed by atoms with Crippen molar-refractivity contribution in [1.82, 2.24) is 14.8 Å². The van der Waals surface area contributed by atoms with E-state index in [1.54, 1.807) is 0 Å². The summed E-state index contributed by atoms with van der Waals surface area (Å²) < 4.78 is 1.92. The molecule has 1 heterocycles. The molecule has 0 saturated heterocycles. The number of hydrogen-bond acceptors (Lipinski definition) is 4. The van der Waals surface area contributed by atoms with Gasteiger partial charge in [-0.2, -0.15) is 0 Å². The third-order valence-electron chi connectivity index (χ3n) is 4.36. The number of aromatic nitrogens is 3. The standard InChI is InChI=1S/C21H24N4OS/c1-14(2)16-10-12-18(13-11-16)22-20(26)15(3)27-21-24-23-19(25(21)4)17-8-6-5-7-9-17/h5-15H,1-4H3,(H,22,26)/t15-/m1/s1. The molecule has 140 valence electrons. The van der Waals surface area contributed by atoms with E-state index in [9.17, 15) is 4.79 Å². The lowest BCUT2D eigenvalue weighted by Gasteiger charge is -2.12. The highest BCUT2D eigenvalue weighted by Gasteiger charge is 2.19. The van der Waals surface area contributed by atoms with E-state index in [-0.39, 0.29) is 11.2 Å². The highest BCUT2D eigenvalue weighted by atomic mass is 32.2. The van der Waals surface area contributed by atoms with Gasteiger partial charge >= 0.3 is 0 Å². The Morgan fingerprint density at radius 2 is 1.67 bits per heavy atom. The van der Waals surface area contributed by atoms with Crippen LogP contribution in [0.5, 0.6) is 0 Å². The number of benzene rings is 2. The molecule has 2 aromatic carbocycles. The van der Waals surface area contributed by atoms with Crippen LogP contribution in [0.1, 0.15) is 32.3 Å². The molecule has 1 atom stereocenters. The van der Waals surface area contributed by atoms with Gasteiger partial charge < -0.3 is 9.88 Å². The fourth-order valence-electron chi connectivity index (χ4n) is 2.66. The minimum absolute atomic E-state index is 0.0541. The number of anilines is 1. The minimum atomic E-state index is -0.290. The lowest BCUT2D eigenvalue weighted by atomic mass is 10.0. The molecule has 0 aliphatic carbocycles. The van der Waals surface area contributed by atoms with E-state index in [4.69, 9.17) is 0 Å². The van der Waals surface area contributed by atoms with Crippen molar-refractivity contribution < 1.29 is 4.79 Å². The quantitative estimate of drug-likeness (QED) is 0.628. The van der Waals surface area contributed by atoms with E-state index in [1.165, 1.54) is 17.3 Å². The number of nitrogens with one attached hydrogen (secondary N) is 1. The Bertz CT molecular complexity index is 904. The number of carbonyl (C=O) groups excluding carboxylic acids is 1. The summed E-state index contributed by atoms with van der Waals surface area (Å²) >= 11 is 1.40. The predicted octanol–water partition coefficient (Wildman–Crippen LogP) is 4.72. The predicted molar refractivity (Wildman–Crippen MR) is 111 cm³/mol. The van der Waals surface area contributed by atoms with Crippen LogP contribution in [-0.4, -0.2) is 25.9 Å². The van der Waals surface area contributed by atoms with Crippen LogP contribution in [-0.2, 0) is 11.8 Å². The van der Waals surface area contributed by atoms with E-state index in [0.29, 0.717) is 11.1 Å². The molecule has 0 unspecified atom stereocenters. The molecular weight excluding hydrogens is 356 g/mol. The van der Waals surface area contributed by atoms with Crippen molar-refractivity contribution in [2.24, 2.45) is 7.05 Å². The molecule has 27 heavy (non-hydrogen) atoms. The summed E-state index contributed by atoms with van der Waals surface area (Å²) in [7, 11) is 1.92. The van der Waals surface area contributed by atoms with Crippen LogP contribution in [0, 0.1) is 0 Å². The third kappa shape index (κ3) is 4.57. The average molecular weight is 381 g/mol. The van der Waals surface area contributed by atoms with Crippen molar-refractivity contribution in [2.45, 2.75) is 37.1 Å². The molecular formula is C21H24N4OS. The van der Waals surface area contributed by atoms with Crippen molar-refractivity contribution in [3.8, 4) is 11.4 Å². The fourth-order valence-corrected chi connectivity index (χ4v) is 3.48. The van der Waals surface area contributed by atoms with E-state index >= 15 is 0 Å². The molecule has 6 heteroatoms. The van der Waals surface area contributed by atoms with Crippen LogP contribution >= 0.6 is 11.8 Å². The van der Waals surface area contributed by atoms with Gasteiger partial charge in [-0.05, 0) is 30.5 Å². The number of carbonyl (C=O) groups is 1. The van der Waals surface area contributed by atoms with Gasteiger partial charge in [0.25, 0.3) is 0 Å². The first-order chi connectivity index (χ1) is 13.0. The SMILES string of the molecule is CC(C)c1ccc(NC(=O)[C@@H](C)Sc2nnc(-c3ccccc3)n2C)cc1. The van der Waals surface area contributed by atoms with Crippen molar-refractivity contribution in [2.75, 3.05) is 5.32 Å². The first kappa shape index (κ1) is 19.2. The Labute approximate surface area is 164 Å². The van der Waals surface area contributed by atoms with Crippen molar-refractivity contribution in [3.05, 3.63) is 60.2 Å². The highest BCUT2D eigenvalue weighted by Crippen LogP contribution is 2.26. The molecule has 3 rings (SSSR count). The Morgan fingerprint density at radius 3 is 2.30 bits per heavy atom. The smallest absolute Gasteiger partial charge is 0.237 e. The number of thioether (sulfide) groups is 1. The fraction of sp³-hybridized carbons (Fsp3) is 0.286. The Kier molecular flexibility index (Phi) is 5.96. The maximum Gasteiger partial charge on any atom is 0.237 e. The maximum absolute atomic E-state index is 12.5. The van der Waals surface area contributed by atoms with Crippen LogP contribution in [0.2, 0.25) is 0 Å². The summed E-state index contributed by atoms with van der Waals surface area (Å²) in [6, 6.07) is 17.9. The zero-order valence-electron chi connectivity index (χ0n) is 16.0.